The highest BCUT2D eigenvalue weighted by Gasteiger charge is 2.25. The summed E-state index contributed by atoms with van der Waals surface area (Å²) in [6.45, 7) is 3.98. The van der Waals surface area contributed by atoms with E-state index in [2.05, 4.69) is 6.92 Å². The van der Waals surface area contributed by atoms with Crippen molar-refractivity contribution in [3.8, 4) is 0 Å². The molecule has 2 rings (SSSR count). The lowest BCUT2D eigenvalue weighted by molar-refractivity contribution is -0.134. The third kappa shape index (κ3) is 4.50. The number of hydrogen-bond donors (Lipinski definition) is 1. The van der Waals surface area contributed by atoms with E-state index in [1.807, 2.05) is 35.2 Å². The minimum Gasteiger partial charge on any atom is -0.341 e. The van der Waals surface area contributed by atoms with Crippen LogP contribution in [-0.4, -0.2) is 29.9 Å². The normalized spacial score (nSPS) is 17.4. The molecule has 0 radical (unpaired) electrons. The van der Waals surface area contributed by atoms with Gasteiger partial charge in [0.05, 0.1) is 6.04 Å². The van der Waals surface area contributed by atoms with Gasteiger partial charge in [-0.25, -0.2) is 0 Å². The summed E-state index contributed by atoms with van der Waals surface area (Å²) in [7, 11) is 0. The Bertz CT molecular complexity index is 402. The molecule has 0 saturated carbocycles. The SMILES string of the molecule is CCC1CCN(C(=O)[C@@H](N)Cc2ccccc2)CC1.Cl. The molecule has 0 spiro atoms. The van der Waals surface area contributed by atoms with Crippen molar-refractivity contribution in [3.05, 3.63) is 35.9 Å². The molecule has 1 aromatic rings. The molecule has 1 amide bonds. The molecule has 1 heterocycles. The third-order valence-corrected chi connectivity index (χ3v) is 4.12. The molecule has 2 N–H and O–H groups in total. The third-order valence-electron chi connectivity index (χ3n) is 4.12. The van der Waals surface area contributed by atoms with Gasteiger partial charge in [0.1, 0.15) is 0 Å². The summed E-state index contributed by atoms with van der Waals surface area (Å²) >= 11 is 0. The fourth-order valence-corrected chi connectivity index (χ4v) is 2.75. The van der Waals surface area contributed by atoms with Gasteiger partial charge >= 0.3 is 0 Å². The first-order valence-electron chi connectivity index (χ1n) is 7.29. The van der Waals surface area contributed by atoms with Gasteiger partial charge in [0.25, 0.3) is 0 Å². The summed E-state index contributed by atoms with van der Waals surface area (Å²) in [5.74, 6) is 0.896. The Labute approximate surface area is 127 Å². The van der Waals surface area contributed by atoms with Crippen LogP contribution in [0.1, 0.15) is 31.7 Å². The highest BCUT2D eigenvalue weighted by atomic mass is 35.5. The lowest BCUT2D eigenvalue weighted by atomic mass is 9.94. The summed E-state index contributed by atoms with van der Waals surface area (Å²) in [5, 5.41) is 0. The van der Waals surface area contributed by atoms with Crippen LogP contribution in [0.5, 0.6) is 0 Å². The van der Waals surface area contributed by atoms with Crippen molar-refractivity contribution in [1.82, 2.24) is 4.90 Å². The van der Waals surface area contributed by atoms with Gasteiger partial charge in [-0.1, -0.05) is 43.7 Å². The van der Waals surface area contributed by atoms with Gasteiger partial charge in [0, 0.05) is 13.1 Å². The number of benzene rings is 1. The predicted molar refractivity (Wildman–Crippen MR) is 85.0 cm³/mol. The highest BCUT2D eigenvalue weighted by molar-refractivity contribution is 5.85. The molecule has 4 heteroatoms. The molecule has 112 valence electrons. The summed E-state index contributed by atoms with van der Waals surface area (Å²) in [6.07, 6.45) is 4.10. The Morgan fingerprint density at radius 1 is 1.30 bits per heavy atom. The van der Waals surface area contributed by atoms with E-state index in [9.17, 15) is 4.79 Å². The van der Waals surface area contributed by atoms with E-state index in [0.717, 1.165) is 37.4 Å². The van der Waals surface area contributed by atoms with Gasteiger partial charge in [0.15, 0.2) is 0 Å². The van der Waals surface area contributed by atoms with Gasteiger partial charge in [0.2, 0.25) is 5.91 Å². The quantitative estimate of drug-likeness (QED) is 0.928. The maximum Gasteiger partial charge on any atom is 0.239 e. The maximum atomic E-state index is 12.3. The van der Waals surface area contributed by atoms with Crippen molar-refractivity contribution in [1.29, 1.82) is 0 Å². The van der Waals surface area contributed by atoms with Crippen LogP contribution >= 0.6 is 12.4 Å². The molecule has 3 nitrogen and oxygen atoms in total. The highest BCUT2D eigenvalue weighted by Crippen LogP contribution is 2.20. The van der Waals surface area contributed by atoms with Crippen molar-refractivity contribution in [2.45, 2.75) is 38.6 Å². The van der Waals surface area contributed by atoms with Crippen molar-refractivity contribution < 1.29 is 4.79 Å². The van der Waals surface area contributed by atoms with Crippen LogP contribution in [0.25, 0.3) is 0 Å². The van der Waals surface area contributed by atoms with E-state index >= 15 is 0 Å². The van der Waals surface area contributed by atoms with Gasteiger partial charge in [-0.15, -0.1) is 12.4 Å². The Balaban J connectivity index is 0.00000200. The minimum absolute atomic E-state index is 0. The Morgan fingerprint density at radius 3 is 2.45 bits per heavy atom. The number of nitrogens with zero attached hydrogens (tertiary/aromatic N) is 1. The van der Waals surface area contributed by atoms with Gasteiger partial charge < -0.3 is 10.6 Å². The first-order valence-corrected chi connectivity index (χ1v) is 7.29. The first-order chi connectivity index (χ1) is 9.20. The molecule has 0 aromatic heterocycles. The van der Waals surface area contributed by atoms with E-state index in [-0.39, 0.29) is 18.3 Å². The van der Waals surface area contributed by atoms with Crippen LogP contribution < -0.4 is 5.73 Å². The first kappa shape index (κ1) is 17.0. The topological polar surface area (TPSA) is 46.3 Å². The van der Waals surface area contributed by atoms with Crippen molar-refractivity contribution in [3.63, 3.8) is 0 Å². The zero-order chi connectivity index (χ0) is 13.7. The molecule has 0 bridgehead atoms. The van der Waals surface area contributed by atoms with Gasteiger partial charge in [-0.2, -0.15) is 0 Å². The molecule has 0 unspecified atom stereocenters. The monoisotopic (exact) mass is 296 g/mol. The second-order valence-corrected chi connectivity index (χ2v) is 5.47. The number of piperidine rings is 1. The molecule has 0 aliphatic carbocycles. The molecule has 1 fully saturated rings. The number of carbonyl (C=O) groups excluding carboxylic acids is 1. The molecule has 1 aliphatic rings. The van der Waals surface area contributed by atoms with E-state index in [1.165, 1.54) is 6.42 Å². The van der Waals surface area contributed by atoms with Gasteiger partial charge in [-0.3, -0.25) is 4.79 Å². The van der Waals surface area contributed by atoms with Crippen molar-refractivity contribution in [2.24, 2.45) is 11.7 Å². The Morgan fingerprint density at radius 2 is 1.90 bits per heavy atom. The molecule has 1 atom stereocenters. The summed E-state index contributed by atoms with van der Waals surface area (Å²) < 4.78 is 0. The predicted octanol–water partition coefficient (Wildman–Crippen LogP) is 2.63. The lowest BCUT2D eigenvalue weighted by Crippen LogP contribution is -2.48. The van der Waals surface area contributed by atoms with Crippen LogP contribution in [0.2, 0.25) is 0 Å². The fourth-order valence-electron chi connectivity index (χ4n) is 2.75. The zero-order valence-corrected chi connectivity index (χ0v) is 12.9. The number of carbonyl (C=O) groups is 1. The van der Waals surface area contributed by atoms with Crippen LogP contribution in [0.4, 0.5) is 0 Å². The standard InChI is InChI=1S/C16H24N2O.ClH/c1-2-13-8-10-18(11-9-13)16(19)15(17)12-14-6-4-3-5-7-14;/h3-7,13,15H,2,8-12,17H2,1H3;1H/t15-;/m0./s1. The second-order valence-electron chi connectivity index (χ2n) is 5.47. The van der Waals surface area contributed by atoms with E-state index in [4.69, 9.17) is 5.73 Å². The van der Waals surface area contributed by atoms with Crippen LogP contribution in [0.15, 0.2) is 30.3 Å². The van der Waals surface area contributed by atoms with Gasteiger partial charge in [-0.05, 0) is 30.7 Å². The van der Waals surface area contributed by atoms with Crippen LogP contribution in [0.3, 0.4) is 0 Å². The Hall–Kier alpha value is -1.06. The Kier molecular flexibility index (Phi) is 7.03. The number of hydrogen-bond acceptors (Lipinski definition) is 2. The summed E-state index contributed by atoms with van der Waals surface area (Å²) in [4.78, 5) is 14.2. The number of likely N-dealkylation sites (tertiary alicyclic amines) is 1. The maximum absolute atomic E-state index is 12.3. The minimum atomic E-state index is -0.402. The van der Waals surface area contributed by atoms with Crippen molar-refractivity contribution in [2.75, 3.05) is 13.1 Å². The number of halogens is 1. The average molecular weight is 297 g/mol. The lowest BCUT2D eigenvalue weighted by Gasteiger charge is -2.33. The van der Waals surface area contributed by atoms with Crippen LogP contribution in [-0.2, 0) is 11.2 Å². The largest absolute Gasteiger partial charge is 0.341 e. The number of rotatable bonds is 4. The summed E-state index contributed by atoms with van der Waals surface area (Å²) in [6, 6.07) is 9.60. The number of amides is 1. The molecule has 1 saturated heterocycles. The molecule has 1 aromatic carbocycles. The molecular formula is C16H25ClN2O. The fraction of sp³-hybridized carbons (Fsp3) is 0.562. The molecular weight excluding hydrogens is 272 g/mol. The van der Waals surface area contributed by atoms with E-state index < -0.39 is 6.04 Å². The zero-order valence-electron chi connectivity index (χ0n) is 12.1. The average Bonchev–Trinajstić information content (AvgIpc) is 2.47. The van der Waals surface area contributed by atoms with Crippen LogP contribution in [0, 0.1) is 5.92 Å². The van der Waals surface area contributed by atoms with Crippen molar-refractivity contribution >= 4 is 18.3 Å². The second kappa shape index (κ2) is 8.28. The smallest absolute Gasteiger partial charge is 0.239 e. The number of nitrogens with two attached hydrogens (primary N) is 1. The molecule has 20 heavy (non-hydrogen) atoms. The molecule has 1 aliphatic heterocycles. The summed E-state index contributed by atoms with van der Waals surface area (Å²) in [5.41, 5.74) is 7.19. The van der Waals surface area contributed by atoms with E-state index in [1.54, 1.807) is 0 Å². The van der Waals surface area contributed by atoms with E-state index in [0.29, 0.717) is 6.42 Å².